The monoisotopic (exact) mass is 231 g/mol. The van der Waals surface area contributed by atoms with Crippen LogP contribution < -0.4 is 5.32 Å². The predicted molar refractivity (Wildman–Crippen MR) is 71.6 cm³/mol. The molecule has 1 atom stereocenters. The number of benzene rings is 1. The number of rotatable bonds is 8. The molecule has 1 rings (SSSR count). The Hall–Kier alpha value is -1.30. The van der Waals surface area contributed by atoms with E-state index in [2.05, 4.69) is 23.4 Å². The first-order chi connectivity index (χ1) is 8.36. The van der Waals surface area contributed by atoms with Gasteiger partial charge in [0.2, 0.25) is 0 Å². The molecule has 1 aromatic rings. The lowest BCUT2D eigenvalue weighted by molar-refractivity contribution is 0.0979. The van der Waals surface area contributed by atoms with Crippen molar-refractivity contribution in [1.29, 1.82) is 0 Å². The molecule has 2 nitrogen and oxygen atoms in total. The maximum atomic E-state index is 5.69. The van der Waals surface area contributed by atoms with Crippen LogP contribution in [0.25, 0.3) is 0 Å². The summed E-state index contributed by atoms with van der Waals surface area (Å²) >= 11 is 0. The molecular formula is C15H21NO. The summed E-state index contributed by atoms with van der Waals surface area (Å²) in [7, 11) is 1.96. The smallest absolute Gasteiger partial charge is 0.0717 e. The van der Waals surface area contributed by atoms with Gasteiger partial charge in [-0.2, -0.15) is 0 Å². The molecule has 92 valence electrons. The average molecular weight is 231 g/mol. The standard InChI is InChI=1S/C15H21NO/c1-3-4-6-11-15(16-2)13-17-12-14-9-7-5-8-10-14/h1,5,7-10,15-16H,4,6,11-13H2,2H3. The molecule has 1 unspecified atom stereocenters. The summed E-state index contributed by atoms with van der Waals surface area (Å²) in [5.74, 6) is 2.66. The lowest BCUT2D eigenvalue weighted by atomic mass is 10.1. The summed E-state index contributed by atoms with van der Waals surface area (Å²) in [6, 6.07) is 10.6. The minimum absolute atomic E-state index is 0.395. The minimum atomic E-state index is 0.395. The zero-order chi connectivity index (χ0) is 12.3. The summed E-state index contributed by atoms with van der Waals surface area (Å²) in [6.45, 7) is 1.41. The highest BCUT2D eigenvalue weighted by atomic mass is 16.5. The van der Waals surface area contributed by atoms with E-state index in [0.29, 0.717) is 12.6 Å². The summed E-state index contributed by atoms with van der Waals surface area (Å²) in [6.07, 6.45) is 8.19. The number of unbranched alkanes of at least 4 members (excludes halogenated alkanes) is 1. The third-order valence-corrected chi connectivity index (χ3v) is 2.71. The summed E-state index contributed by atoms with van der Waals surface area (Å²) in [4.78, 5) is 0. The molecular weight excluding hydrogens is 210 g/mol. The fraction of sp³-hybridized carbons (Fsp3) is 0.467. The van der Waals surface area contributed by atoms with E-state index in [1.807, 2.05) is 25.2 Å². The van der Waals surface area contributed by atoms with Crippen LogP contribution in [0.4, 0.5) is 0 Å². The quantitative estimate of drug-likeness (QED) is 0.548. The van der Waals surface area contributed by atoms with E-state index in [0.717, 1.165) is 25.9 Å². The maximum Gasteiger partial charge on any atom is 0.0717 e. The van der Waals surface area contributed by atoms with Crippen molar-refractivity contribution in [2.75, 3.05) is 13.7 Å². The molecule has 0 saturated heterocycles. The zero-order valence-corrected chi connectivity index (χ0v) is 10.5. The van der Waals surface area contributed by atoms with E-state index >= 15 is 0 Å². The molecule has 0 aromatic heterocycles. The van der Waals surface area contributed by atoms with Gasteiger partial charge in [0.25, 0.3) is 0 Å². The molecule has 0 spiro atoms. The second kappa shape index (κ2) is 8.81. The van der Waals surface area contributed by atoms with Crippen LogP contribution in [0.5, 0.6) is 0 Å². The maximum absolute atomic E-state index is 5.69. The number of nitrogens with one attached hydrogen (secondary N) is 1. The number of ether oxygens (including phenoxy) is 1. The molecule has 0 saturated carbocycles. The van der Waals surface area contributed by atoms with Gasteiger partial charge in [-0.25, -0.2) is 0 Å². The van der Waals surface area contributed by atoms with Gasteiger partial charge in [-0.1, -0.05) is 30.3 Å². The first-order valence-corrected chi connectivity index (χ1v) is 6.09. The molecule has 1 N–H and O–H groups in total. The predicted octanol–water partition coefficient (Wildman–Crippen LogP) is 2.59. The van der Waals surface area contributed by atoms with Crippen molar-refractivity contribution < 1.29 is 4.74 Å². The highest BCUT2D eigenvalue weighted by molar-refractivity contribution is 5.13. The first kappa shape index (κ1) is 13.8. The van der Waals surface area contributed by atoms with Crippen LogP contribution in [-0.4, -0.2) is 19.7 Å². The number of hydrogen-bond donors (Lipinski definition) is 1. The Morgan fingerprint density at radius 2 is 2.12 bits per heavy atom. The molecule has 0 aliphatic heterocycles. The second-order valence-electron chi connectivity index (χ2n) is 4.08. The van der Waals surface area contributed by atoms with Gasteiger partial charge in [-0.05, 0) is 25.5 Å². The second-order valence-corrected chi connectivity index (χ2v) is 4.08. The van der Waals surface area contributed by atoms with E-state index in [1.165, 1.54) is 5.56 Å². The van der Waals surface area contributed by atoms with Crippen molar-refractivity contribution >= 4 is 0 Å². The largest absolute Gasteiger partial charge is 0.375 e. The van der Waals surface area contributed by atoms with Crippen LogP contribution in [0.2, 0.25) is 0 Å². The fourth-order valence-electron chi connectivity index (χ4n) is 1.65. The molecule has 0 aliphatic rings. The Balaban J connectivity index is 2.17. The van der Waals surface area contributed by atoms with Crippen LogP contribution >= 0.6 is 0 Å². The van der Waals surface area contributed by atoms with Gasteiger partial charge < -0.3 is 10.1 Å². The Kier molecular flexibility index (Phi) is 7.13. The van der Waals surface area contributed by atoms with E-state index in [-0.39, 0.29) is 0 Å². The van der Waals surface area contributed by atoms with Gasteiger partial charge in [0, 0.05) is 12.5 Å². The SMILES string of the molecule is C#CCCCC(COCc1ccccc1)NC. The van der Waals surface area contributed by atoms with Crippen LogP contribution in [0.3, 0.4) is 0 Å². The number of likely N-dealkylation sites (N-methyl/N-ethyl adjacent to an activating group) is 1. The van der Waals surface area contributed by atoms with Crippen molar-refractivity contribution in [1.82, 2.24) is 5.32 Å². The Morgan fingerprint density at radius 1 is 1.35 bits per heavy atom. The lowest BCUT2D eigenvalue weighted by Gasteiger charge is -2.15. The molecule has 0 fully saturated rings. The van der Waals surface area contributed by atoms with E-state index in [1.54, 1.807) is 0 Å². The van der Waals surface area contributed by atoms with Gasteiger partial charge in [0.15, 0.2) is 0 Å². The Bertz CT molecular complexity index is 329. The minimum Gasteiger partial charge on any atom is -0.375 e. The van der Waals surface area contributed by atoms with Gasteiger partial charge in [-0.3, -0.25) is 0 Å². The fourth-order valence-corrected chi connectivity index (χ4v) is 1.65. The lowest BCUT2D eigenvalue weighted by Crippen LogP contribution is -2.30. The number of terminal acetylenes is 1. The molecule has 2 heteroatoms. The summed E-state index contributed by atoms with van der Waals surface area (Å²) in [5.41, 5.74) is 1.21. The third-order valence-electron chi connectivity index (χ3n) is 2.71. The van der Waals surface area contributed by atoms with E-state index < -0.39 is 0 Å². The van der Waals surface area contributed by atoms with Gasteiger partial charge in [-0.15, -0.1) is 12.3 Å². The first-order valence-electron chi connectivity index (χ1n) is 6.09. The van der Waals surface area contributed by atoms with Crippen LogP contribution in [0, 0.1) is 12.3 Å². The van der Waals surface area contributed by atoms with Crippen LogP contribution in [0.1, 0.15) is 24.8 Å². The van der Waals surface area contributed by atoms with Gasteiger partial charge in [0.05, 0.1) is 13.2 Å². The molecule has 0 aliphatic carbocycles. The van der Waals surface area contributed by atoms with Crippen molar-refractivity contribution in [3.8, 4) is 12.3 Å². The molecule has 1 aromatic carbocycles. The number of hydrogen-bond acceptors (Lipinski definition) is 2. The van der Waals surface area contributed by atoms with E-state index in [9.17, 15) is 0 Å². The highest BCUT2D eigenvalue weighted by Crippen LogP contribution is 2.04. The average Bonchev–Trinajstić information content (AvgIpc) is 2.38. The molecule has 0 heterocycles. The Labute approximate surface area is 104 Å². The Morgan fingerprint density at radius 3 is 2.76 bits per heavy atom. The van der Waals surface area contributed by atoms with Crippen molar-refractivity contribution in [2.45, 2.75) is 31.9 Å². The third kappa shape index (κ3) is 6.11. The molecule has 0 bridgehead atoms. The highest BCUT2D eigenvalue weighted by Gasteiger charge is 2.05. The van der Waals surface area contributed by atoms with Crippen molar-refractivity contribution in [3.63, 3.8) is 0 Å². The van der Waals surface area contributed by atoms with Gasteiger partial charge in [0.1, 0.15) is 0 Å². The van der Waals surface area contributed by atoms with E-state index in [4.69, 9.17) is 11.2 Å². The summed E-state index contributed by atoms with van der Waals surface area (Å²) < 4.78 is 5.69. The topological polar surface area (TPSA) is 21.3 Å². The molecule has 0 amide bonds. The molecule has 17 heavy (non-hydrogen) atoms. The summed E-state index contributed by atoms with van der Waals surface area (Å²) in [5, 5.41) is 3.25. The normalized spacial score (nSPS) is 12.0. The van der Waals surface area contributed by atoms with Crippen LogP contribution in [-0.2, 0) is 11.3 Å². The van der Waals surface area contributed by atoms with Crippen LogP contribution in [0.15, 0.2) is 30.3 Å². The molecule has 0 radical (unpaired) electrons. The zero-order valence-electron chi connectivity index (χ0n) is 10.5. The van der Waals surface area contributed by atoms with Gasteiger partial charge >= 0.3 is 0 Å². The van der Waals surface area contributed by atoms with Crippen molar-refractivity contribution in [3.05, 3.63) is 35.9 Å². The van der Waals surface area contributed by atoms with Crippen molar-refractivity contribution in [2.24, 2.45) is 0 Å².